The molecule has 72 valence electrons. The Balaban J connectivity index is 2.63. The summed E-state index contributed by atoms with van der Waals surface area (Å²) in [4.78, 5) is 9.95. The molecule has 5 heteroatoms. The van der Waals surface area contributed by atoms with Crippen molar-refractivity contribution in [1.82, 2.24) is 0 Å². The molecule has 0 fully saturated rings. The van der Waals surface area contributed by atoms with Crippen molar-refractivity contribution >= 4 is 16.7 Å². The highest BCUT2D eigenvalue weighted by atomic mass is 16.6. The molecule has 14 heavy (non-hydrogen) atoms. The lowest BCUT2D eigenvalue weighted by Crippen LogP contribution is -1.86. The van der Waals surface area contributed by atoms with Crippen LogP contribution in [0, 0.1) is 10.1 Å². The number of aliphatic hydroxyl groups excluding tert-OH is 1. The largest absolute Gasteiger partial charge is 0.464 e. The second-order valence-electron chi connectivity index (χ2n) is 2.86. The maximum Gasteiger partial charge on any atom is 0.273 e. The van der Waals surface area contributed by atoms with Gasteiger partial charge in [0.15, 0.2) is 0 Å². The van der Waals surface area contributed by atoms with Crippen LogP contribution < -0.4 is 0 Å². The first-order chi connectivity index (χ1) is 6.72. The van der Waals surface area contributed by atoms with Gasteiger partial charge in [-0.05, 0) is 6.07 Å². The van der Waals surface area contributed by atoms with Crippen molar-refractivity contribution < 1.29 is 14.4 Å². The molecule has 0 spiro atoms. The fourth-order valence-electron chi connectivity index (χ4n) is 1.31. The summed E-state index contributed by atoms with van der Waals surface area (Å²) in [6.45, 7) is -0.134. The van der Waals surface area contributed by atoms with Crippen molar-refractivity contribution in [2.75, 3.05) is 0 Å². The Kier molecular flexibility index (Phi) is 1.94. The minimum atomic E-state index is -0.486. The smallest absolute Gasteiger partial charge is 0.273 e. The third-order valence-corrected chi connectivity index (χ3v) is 2.02. The molecule has 0 bridgehead atoms. The van der Waals surface area contributed by atoms with Gasteiger partial charge in [0.25, 0.3) is 5.69 Å². The van der Waals surface area contributed by atoms with Crippen LogP contribution in [-0.4, -0.2) is 10.0 Å². The quantitative estimate of drug-likeness (QED) is 0.583. The van der Waals surface area contributed by atoms with Gasteiger partial charge >= 0.3 is 0 Å². The van der Waals surface area contributed by atoms with E-state index in [1.54, 1.807) is 6.07 Å². The van der Waals surface area contributed by atoms with Gasteiger partial charge in [-0.1, -0.05) is 0 Å². The average Bonchev–Trinajstić information content (AvgIpc) is 2.59. The number of furan rings is 1. The fourth-order valence-corrected chi connectivity index (χ4v) is 1.31. The zero-order valence-corrected chi connectivity index (χ0v) is 7.14. The Morgan fingerprint density at radius 3 is 2.93 bits per heavy atom. The molecule has 2 rings (SSSR count). The van der Waals surface area contributed by atoms with Gasteiger partial charge in [0.1, 0.15) is 5.58 Å². The highest BCUT2D eigenvalue weighted by molar-refractivity contribution is 5.82. The Hall–Kier alpha value is -1.88. The zero-order valence-electron chi connectivity index (χ0n) is 7.14. The van der Waals surface area contributed by atoms with Crippen LogP contribution in [0.3, 0.4) is 0 Å². The molecule has 1 N–H and O–H groups in total. The number of nitro groups is 1. The average molecular weight is 193 g/mol. The molecule has 0 aliphatic carbocycles. The van der Waals surface area contributed by atoms with Crippen LogP contribution in [0.25, 0.3) is 11.0 Å². The van der Waals surface area contributed by atoms with Gasteiger partial charge in [0.05, 0.1) is 23.9 Å². The van der Waals surface area contributed by atoms with E-state index in [0.717, 1.165) is 0 Å². The number of rotatable bonds is 2. The highest BCUT2D eigenvalue weighted by Crippen LogP contribution is 2.25. The van der Waals surface area contributed by atoms with Gasteiger partial charge in [-0.25, -0.2) is 0 Å². The number of non-ortho nitro benzene ring substituents is 1. The summed E-state index contributed by atoms with van der Waals surface area (Å²) >= 11 is 0. The number of nitro benzene ring substituents is 1. The molecule has 0 unspecified atom stereocenters. The van der Waals surface area contributed by atoms with Gasteiger partial charge < -0.3 is 9.52 Å². The third-order valence-electron chi connectivity index (χ3n) is 2.02. The van der Waals surface area contributed by atoms with Gasteiger partial charge in [-0.15, -0.1) is 0 Å². The SMILES string of the molecule is O=[N+]([O-])c1ccc2c(CO)coc2c1. The first-order valence-electron chi connectivity index (χ1n) is 3.98. The molecule has 1 heterocycles. The van der Waals surface area contributed by atoms with E-state index < -0.39 is 4.92 Å². The third kappa shape index (κ3) is 1.23. The second kappa shape index (κ2) is 3.12. The van der Waals surface area contributed by atoms with E-state index in [9.17, 15) is 10.1 Å². The number of hydrogen-bond donors (Lipinski definition) is 1. The maximum atomic E-state index is 10.4. The van der Waals surface area contributed by atoms with Crippen LogP contribution in [-0.2, 0) is 6.61 Å². The van der Waals surface area contributed by atoms with Crippen molar-refractivity contribution in [2.45, 2.75) is 6.61 Å². The summed E-state index contributed by atoms with van der Waals surface area (Å²) in [5.41, 5.74) is 1.04. The lowest BCUT2D eigenvalue weighted by molar-refractivity contribution is -0.384. The highest BCUT2D eigenvalue weighted by Gasteiger charge is 2.10. The summed E-state index contributed by atoms with van der Waals surface area (Å²) in [6, 6.07) is 4.30. The first-order valence-corrected chi connectivity index (χ1v) is 3.98. The first kappa shape index (κ1) is 8.71. The minimum absolute atomic E-state index is 0.0173. The lowest BCUT2D eigenvalue weighted by atomic mass is 10.2. The standard InChI is InChI=1S/C9H7NO4/c11-4-6-5-14-9-3-7(10(12)13)1-2-8(6)9/h1-3,5,11H,4H2. The van der Waals surface area contributed by atoms with Crippen LogP contribution >= 0.6 is 0 Å². The molecular weight excluding hydrogens is 186 g/mol. The number of benzene rings is 1. The van der Waals surface area contributed by atoms with Crippen molar-refractivity contribution in [2.24, 2.45) is 0 Å². The van der Waals surface area contributed by atoms with E-state index in [2.05, 4.69) is 0 Å². The second-order valence-corrected chi connectivity index (χ2v) is 2.86. The number of hydrogen-bond acceptors (Lipinski definition) is 4. The molecule has 0 aliphatic rings. The summed E-state index contributed by atoms with van der Waals surface area (Å²) in [5, 5.41) is 20.1. The normalized spacial score (nSPS) is 10.6. The van der Waals surface area contributed by atoms with Crippen LogP contribution in [0.5, 0.6) is 0 Å². The predicted octanol–water partition coefficient (Wildman–Crippen LogP) is 1.83. The number of fused-ring (bicyclic) bond motifs is 1. The molecule has 0 saturated carbocycles. The van der Waals surface area contributed by atoms with Crippen molar-refractivity contribution in [3.63, 3.8) is 0 Å². The topological polar surface area (TPSA) is 76.5 Å². The molecule has 0 radical (unpaired) electrons. The van der Waals surface area contributed by atoms with Crippen molar-refractivity contribution in [3.05, 3.63) is 40.1 Å². The van der Waals surface area contributed by atoms with E-state index >= 15 is 0 Å². The summed E-state index contributed by atoms with van der Waals surface area (Å²) in [5.74, 6) is 0. The van der Waals surface area contributed by atoms with Crippen LogP contribution in [0.1, 0.15) is 5.56 Å². The molecule has 5 nitrogen and oxygen atoms in total. The Morgan fingerprint density at radius 2 is 2.29 bits per heavy atom. The summed E-state index contributed by atoms with van der Waals surface area (Å²) in [6.07, 6.45) is 1.40. The van der Waals surface area contributed by atoms with E-state index in [0.29, 0.717) is 16.5 Å². The molecule has 0 aliphatic heterocycles. The zero-order chi connectivity index (χ0) is 10.1. The molecule has 1 aromatic heterocycles. The lowest BCUT2D eigenvalue weighted by Gasteiger charge is -1.92. The van der Waals surface area contributed by atoms with Gasteiger partial charge in [-0.2, -0.15) is 0 Å². The van der Waals surface area contributed by atoms with Crippen molar-refractivity contribution in [3.8, 4) is 0 Å². The van der Waals surface area contributed by atoms with Gasteiger partial charge in [0, 0.05) is 17.0 Å². The fraction of sp³-hybridized carbons (Fsp3) is 0.111. The molecule has 1 aromatic carbocycles. The van der Waals surface area contributed by atoms with E-state index in [4.69, 9.17) is 9.52 Å². The molecule has 2 aromatic rings. The van der Waals surface area contributed by atoms with Gasteiger partial charge in [0.2, 0.25) is 0 Å². The van der Waals surface area contributed by atoms with Gasteiger partial charge in [-0.3, -0.25) is 10.1 Å². The van der Waals surface area contributed by atoms with E-state index in [1.165, 1.54) is 18.4 Å². The maximum absolute atomic E-state index is 10.4. The monoisotopic (exact) mass is 193 g/mol. The molecule has 0 atom stereocenters. The Morgan fingerprint density at radius 1 is 1.50 bits per heavy atom. The Bertz CT molecular complexity index is 489. The predicted molar refractivity (Wildman–Crippen MR) is 48.8 cm³/mol. The molecular formula is C9H7NO4. The van der Waals surface area contributed by atoms with Crippen molar-refractivity contribution in [1.29, 1.82) is 0 Å². The minimum Gasteiger partial charge on any atom is -0.464 e. The van der Waals surface area contributed by atoms with Crippen LogP contribution in [0.2, 0.25) is 0 Å². The summed E-state index contributed by atoms with van der Waals surface area (Å²) < 4.78 is 5.07. The van der Waals surface area contributed by atoms with E-state index in [1.807, 2.05) is 0 Å². The number of nitrogens with zero attached hydrogens (tertiary/aromatic N) is 1. The summed E-state index contributed by atoms with van der Waals surface area (Å²) in [7, 11) is 0. The Labute approximate surface area is 78.7 Å². The molecule has 0 amide bonds. The molecule has 0 saturated heterocycles. The van der Waals surface area contributed by atoms with Crippen LogP contribution in [0.4, 0.5) is 5.69 Å². The van der Waals surface area contributed by atoms with E-state index in [-0.39, 0.29) is 12.3 Å². The van der Waals surface area contributed by atoms with Crippen LogP contribution in [0.15, 0.2) is 28.9 Å². The number of aliphatic hydroxyl groups is 1.